The van der Waals surface area contributed by atoms with Crippen molar-refractivity contribution in [1.82, 2.24) is 38.8 Å². The Balaban J connectivity index is 1.20. The molecule has 47 heavy (non-hydrogen) atoms. The number of aromatic hydroxyl groups is 1. The Morgan fingerprint density at radius 1 is 1.09 bits per heavy atom. The Hall–Kier alpha value is -4.88. The average molecular weight is 650 g/mol. The molecule has 2 bridgehead atoms. The number of benzene rings is 1. The Morgan fingerprint density at radius 2 is 1.94 bits per heavy atom. The topological polar surface area (TPSA) is 142 Å². The van der Waals surface area contributed by atoms with E-state index in [1.54, 1.807) is 30.1 Å². The Bertz CT molecular complexity index is 2180. The van der Waals surface area contributed by atoms with Gasteiger partial charge in [0.2, 0.25) is 5.88 Å². The van der Waals surface area contributed by atoms with Gasteiger partial charge in [0.25, 0.3) is 5.91 Å². The highest BCUT2D eigenvalue weighted by Gasteiger charge is 2.45. The molecule has 3 aliphatic rings. The van der Waals surface area contributed by atoms with E-state index < -0.39 is 11.1 Å². The monoisotopic (exact) mass is 649 g/mol. The van der Waals surface area contributed by atoms with Crippen molar-refractivity contribution in [1.29, 1.82) is 0 Å². The number of rotatable bonds is 8. The third kappa shape index (κ3) is 4.67. The van der Waals surface area contributed by atoms with Gasteiger partial charge in [-0.3, -0.25) is 9.93 Å². The van der Waals surface area contributed by atoms with E-state index in [0.717, 1.165) is 59.6 Å². The summed E-state index contributed by atoms with van der Waals surface area (Å²) in [6, 6.07) is 13.5. The molecular formula is C34H35N9O3S. The van der Waals surface area contributed by atoms with Crippen LogP contribution in [0.3, 0.4) is 0 Å². The lowest BCUT2D eigenvalue weighted by atomic mass is 10.1. The van der Waals surface area contributed by atoms with Crippen LogP contribution in [0.1, 0.15) is 41.6 Å². The number of aromatic nitrogens is 7. The van der Waals surface area contributed by atoms with Crippen LogP contribution in [0.5, 0.6) is 11.6 Å². The molecule has 3 N–H and O–H groups in total. The summed E-state index contributed by atoms with van der Waals surface area (Å²) in [6.45, 7) is 2.00. The van der Waals surface area contributed by atoms with Gasteiger partial charge in [0.1, 0.15) is 22.6 Å². The highest BCUT2D eigenvalue weighted by molar-refractivity contribution is 8.16. The van der Waals surface area contributed by atoms with Crippen LogP contribution in [0.25, 0.3) is 39.3 Å². The van der Waals surface area contributed by atoms with Gasteiger partial charge in [0.15, 0.2) is 5.82 Å². The molecule has 240 valence electrons. The molecule has 1 aliphatic carbocycles. The number of pyridine rings is 2. The van der Waals surface area contributed by atoms with Crippen molar-refractivity contribution in [2.45, 2.75) is 49.4 Å². The Kier molecular flexibility index (Phi) is 6.54. The van der Waals surface area contributed by atoms with Gasteiger partial charge < -0.3 is 23.9 Å². The molecule has 3 fully saturated rings. The van der Waals surface area contributed by atoms with Gasteiger partial charge in [-0.2, -0.15) is 16.2 Å². The molecule has 7 heterocycles. The van der Waals surface area contributed by atoms with E-state index in [1.165, 1.54) is 19.0 Å². The summed E-state index contributed by atoms with van der Waals surface area (Å²) >= 11 is -0.660. The van der Waals surface area contributed by atoms with E-state index in [0.29, 0.717) is 40.2 Å². The molecule has 2 saturated heterocycles. The molecule has 3 unspecified atom stereocenters. The van der Waals surface area contributed by atoms with Crippen LogP contribution in [0.2, 0.25) is 0 Å². The first-order valence-electron chi connectivity index (χ1n) is 16.0. The van der Waals surface area contributed by atoms with Crippen molar-refractivity contribution in [2.24, 2.45) is 11.1 Å². The van der Waals surface area contributed by atoms with Gasteiger partial charge in [-0.1, -0.05) is 0 Å². The van der Waals surface area contributed by atoms with Crippen molar-refractivity contribution in [3.8, 4) is 28.8 Å². The second-order valence-electron chi connectivity index (χ2n) is 12.8. The fourth-order valence-corrected chi connectivity index (χ4v) is 9.58. The molecule has 0 spiro atoms. The van der Waals surface area contributed by atoms with Crippen LogP contribution >= 0.6 is 11.1 Å². The number of nitrogens with two attached hydrogens (primary N) is 1. The fourth-order valence-electron chi connectivity index (χ4n) is 7.32. The normalized spacial score (nSPS) is 21.3. The van der Waals surface area contributed by atoms with Crippen LogP contribution in [-0.2, 0) is 13.1 Å². The minimum Gasteiger partial charge on any atom is -0.494 e. The molecule has 6 aromatic rings. The maximum absolute atomic E-state index is 14.0. The van der Waals surface area contributed by atoms with Crippen LogP contribution in [0, 0.1) is 5.92 Å². The molecule has 3 atom stereocenters. The van der Waals surface area contributed by atoms with Crippen molar-refractivity contribution in [2.75, 3.05) is 13.7 Å². The third-order valence-corrected chi connectivity index (χ3v) is 12.3. The summed E-state index contributed by atoms with van der Waals surface area (Å²) in [5.41, 5.74) is 5.29. The van der Waals surface area contributed by atoms with E-state index >= 15 is 0 Å². The minimum absolute atomic E-state index is 0.0175. The molecule has 0 radical (unpaired) electrons. The van der Waals surface area contributed by atoms with Crippen molar-refractivity contribution < 1.29 is 14.6 Å². The second-order valence-corrected chi connectivity index (χ2v) is 15.0. The lowest BCUT2D eigenvalue weighted by Crippen LogP contribution is -2.38. The SMILES string of the molecule is COc1cc(C(=O)N2CC3CCC2[SH]3N)cc2nc(-c3cc4cccnc4n3CC3CC3)n(Cc3cnn(-c4cccnc4O)c3)c12. The number of fused-ring (bicyclic) bond motifs is 4. The molecule has 9 rings (SSSR count). The van der Waals surface area contributed by atoms with Crippen LogP contribution < -0.4 is 9.88 Å². The second kappa shape index (κ2) is 10.8. The molecule has 1 saturated carbocycles. The quantitative estimate of drug-likeness (QED) is 0.203. The van der Waals surface area contributed by atoms with Crippen molar-refractivity contribution >= 4 is 39.1 Å². The lowest BCUT2D eigenvalue weighted by molar-refractivity contribution is 0.0727. The number of carbonyl (C=O) groups is 1. The van der Waals surface area contributed by atoms with Crippen molar-refractivity contribution in [3.63, 3.8) is 0 Å². The van der Waals surface area contributed by atoms with Gasteiger partial charge in [-0.15, -0.1) is 0 Å². The predicted molar refractivity (Wildman–Crippen MR) is 181 cm³/mol. The smallest absolute Gasteiger partial charge is 0.254 e. The summed E-state index contributed by atoms with van der Waals surface area (Å²) in [7, 11) is 1.63. The number of carbonyl (C=O) groups excluding carboxylic acids is 1. The number of likely N-dealkylation sites (tertiary alicyclic amines) is 1. The molecule has 5 aromatic heterocycles. The van der Waals surface area contributed by atoms with E-state index in [1.807, 2.05) is 35.5 Å². The van der Waals surface area contributed by atoms with Gasteiger partial charge in [0.05, 0.1) is 36.4 Å². The highest BCUT2D eigenvalue weighted by Crippen LogP contribution is 2.50. The predicted octanol–water partition coefficient (Wildman–Crippen LogP) is 4.63. The van der Waals surface area contributed by atoms with Gasteiger partial charge in [-0.05, 0) is 74.1 Å². The fraction of sp³-hybridized carbons (Fsp3) is 0.324. The maximum Gasteiger partial charge on any atom is 0.254 e. The maximum atomic E-state index is 14.0. The van der Waals surface area contributed by atoms with Crippen LogP contribution in [-0.4, -0.2) is 74.1 Å². The number of hydrogen-bond acceptors (Lipinski definition) is 8. The summed E-state index contributed by atoms with van der Waals surface area (Å²) in [4.78, 5) is 29.9. The third-order valence-electron chi connectivity index (χ3n) is 9.84. The Labute approximate surface area is 273 Å². The zero-order chi connectivity index (χ0) is 31.8. The van der Waals surface area contributed by atoms with Crippen LogP contribution in [0.4, 0.5) is 0 Å². The number of nitrogens with zero attached hydrogens (tertiary/aromatic N) is 8. The van der Waals surface area contributed by atoms with E-state index in [-0.39, 0.29) is 17.2 Å². The van der Waals surface area contributed by atoms with Gasteiger partial charge >= 0.3 is 0 Å². The molecule has 1 aromatic carbocycles. The number of ether oxygens (including phenoxy) is 1. The zero-order valence-electron chi connectivity index (χ0n) is 25.9. The first-order chi connectivity index (χ1) is 23.0. The number of thiol groups is 1. The molecule has 1 amide bonds. The van der Waals surface area contributed by atoms with Gasteiger partial charge in [-0.25, -0.2) is 19.6 Å². The summed E-state index contributed by atoms with van der Waals surface area (Å²) < 4.78 is 12.1. The van der Waals surface area contributed by atoms with Crippen molar-refractivity contribution in [3.05, 3.63) is 78.4 Å². The lowest BCUT2D eigenvalue weighted by Gasteiger charge is -2.27. The number of piperidine rings is 1. The number of methoxy groups -OCH3 is 1. The first kappa shape index (κ1) is 28.4. The largest absolute Gasteiger partial charge is 0.494 e. The molecule has 2 aliphatic heterocycles. The zero-order valence-corrected chi connectivity index (χ0v) is 26.8. The molecule has 13 heteroatoms. The van der Waals surface area contributed by atoms with E-state index in [2.05, 4.69) is 31.3 Å². The van der Waals surface area contributed by atoms with E-state index in [9.17, 15) is 9.90 Å². The minimum atomic E-state index is -0.660. The Morgan fingerprint density at radius 3 is 2.70 bits per heavy atom. The number of imidazole rings is 1. The van der Waals surface area contributed by atoms with Crippen LogP contribution in [0.15, 0.2) is 67.3 Å². The van der Waals surface area contributed by atoms with Gasteiger partial charge in [0, 0.05) is 53.4 Å². The highest BCUT2D eigenvalue weighted by atomic mass is 32.2. The standard InChI is InChI=1S/C34H35N9O3S/c1-46-28-14-23(34(45)41-19-24-8-9-29(41)47(24)35)12-25-30(28)42(17-21-15-38-43(18-21)26-5-3-11-37-33(26)44)32(39-25)27-13-22-4-2-10-36-31(22)40(27)16-20-6-7-20/h2-5,10-15,18,20,24,29,47H,6-9,16-17,19,35H2,1H3,(H,37,44). The number of hydrogen-bond donors (Lipinski definition) is 3. The summed E-state index contributed by atoms with van der Waals surface area (Å²) in [5.74, 6) is 1.82. The molecular weight excluding hydrogens is 615 g/mol. The first-order valence-corrected chi connectivity index (χ1v) is 17.6. The summed E-state index contributed by atoms with van der Waals surface area (Å²) in [6.07, 6.45) is 11.5. The number of amides is 1. The average Bonchev–Trinajstić information content (AvgIpc) is 3.39. The molecule has 12 nitrogen and oxygen atoms in total. The van der Waals surface area contributed by atoms with E-state index in [4.69, 9.17) is 19.8 Å². The summed E-state index contributed by atoms with van der Waals surface area (Å²) in [5, 5.41) is 23.0.